The quantitative estimate of drug-likeness (QED) is 0.675. The van der Waals surface area contributed by atoms with E-state index in [0.717, 1.165) is 30.2 Å². The highest BCUT2D eigenvalue weighted by Crippen LogP contribution is 2.24. The number of benzene rings is 2. The summed E-state index contributed by atoms with van der Waals surface area (Å²) in [6.07, 6.45) is 0.922. The molecule has 3 aromatic rings. The molecule has 0 spiro atoms. The minimum absolute atomic E-state index is 0.612. The number of nitrogens with one attached hydrogen (secondary N) is 2. The Bertz CT molecular complexity index is 805. The van der Waals surface area contributed by atoms with Crippen molar-refractivity contribution in [2.75, 3.05) is 17.2 Å². The lowest BCUT2D eigenvalue weighted by atomic mass is 10.1. The van der Waals surface area contributed by atoms with Gasteiger partial charge in [0.1, 0.15) is 5.82 Å². The van der Waals surface area contributed by atoms with Gasteiger partial charge >= 0.3 is 0 Å². The van der Waals surface area contributed by atoms with E-state index in [4.69, 9.17) is 11.6 Å². The molecule has 0 aliphatic carbocycles. The predicted molar refractivity (Wildman–Crippen MR) is 100 cm³/mol. The van der Waals surface area contributed by atoms with Gasteiger partial charge in [-0.15, -0.1) is 0 Å². The lowest BCUT2D eigenvalue weighted by molar-refractivity contribution is 0.976. The third kappa shape index (κ3) is 4.46. The molecular weight excluding hydrogens is 320 g/mol. The Morgan fingerprint density at radius 3 is 2.50 bits per heavy atom. The molecule has 0 amide bonds. The summed E-state index contributed by atoms with van der Waals surface area (Å²) in [5.74, 6) is 1.33. The van der Waals surface area contributed by atoms with Gasteiger partial charge in [-0.1, -0.05) is 54.1 Å². The van der Waals surface area contributed by atoms with Crippen LogP contribution in [0, 0.1) is 6.92 Å². The Hall–Kier alpha value is -2.59. The molecule has 0 radical (unpaired) electrons. The van der Waals surface area contributed by atoms with Gasteiger partial charge < -0.3 is 10.6 Å². The molecule has 0 bridgehead atoms. The van der Waals surface area contributed by atoms with E-state index in [9.17, 15) is 0 Å². The molecule has 0 aliphatic rings. The highest BCUT2D eigenvalue weighted by molar-refractivity contribution is 6.33. The van der Waals surface area contributed by atoms with Gasteiger partial charge in [0, 0.05) is 18.3 Å². The van der Waals surface area contributed by atoms with Gasteiger partial charge in [-0.25, -0.2) is 4.98 Å². The standard InChI is InChI=1S/C19H19ClN4/c1-14-13-18(23-17-10-6-5-9-16(17)20)24-19(22-14)21-12-11-15-7-3-2-4-8-15/h2-10,13H,11-12H2,1H3,(H2,21,22,23,24). The topological polar surface area (TPSA) is 49.8 Å². The molecule has 0 fully saturated rings. The zero-order valence-corrected chi connectivity index (χ0v) is 14.2. The van der Waals surface area contributed by atoms with Gasteiger partial charge in [0.05, 0.1) is 10.7 Å². The maximum Gasteiger partial charge on any atom is 0.224 e. The second-order valence-corrected chi connectivity index (χ2v) is 5.89. The van der Waals surface area contributed by atoms with Crippen LogP contribution in [-0.4, -0.2) is 16.5 Å². The van der Waals surface area contributed by atoms with Gasteiger partial charge in [0.25, 0.3) is 0 Å². The summed E-state index contributed by atoms with van der Waals surface area (Å²) in [6, 6.07) is 19.8. The summed E-state index contributed by atoms with van der Waals surface area (Å²) in [5, 5.41) is 7.18. The number of nitrogens with zero attached hydrogens (tertiary/aromatic N) is 2. The number of hydrogen-bond acceptors (Lipinski definition) is 4. The molecule has 0 saturated carbocycles. The maximum absolute atomic E-state index is 6.18. The summed E-state index contributed by atoms with van der Waals surface area (Å²) >= 11 is 6.18. The van der Waals surface area contributed by atoms with E-state index in [2.05, 4.69) is 32.7 Å². The van der Waals surface area contributed by atoms with Gasteiger partial charge in [-0.3, -0.25) is 0 Å². The van der Waals surface area contributed by atoms with Crippen LogP contribution in [0.15, 0.2) is 60.7 Å². The minimum atomic E-state index is 0.612. The van der Waals surface area contributed by atoms with Gasteiger partial charge in [-0.05, 0) is 31.0 Å². The number of halogens is 1. The fourth-order valence-corrected chi connectivity index (χ4v) is 2.56. The molecule has 4 nitrogen and oxygen atoms in total. The smallest absolute Gasteiger partial charge is 0.224 e. The van der Waals surface area contributed by atoms with Crippen molar-refractivity contribution in [2.45, 2.75) is 13.3 Å². The summed E-state index contributed by atoms with van der Waals surface area (Å²) < 4.78 is 0. The second kappa shape index (κ2) is 7.79. The SMILES string of the molecule is Cc1cc(Nc2ccccc2Cl)nc(NCCc2ccccc2)n1. The molecule has 0 saturated heterocycles. The Morgan fingerprint density at radius 1 is 0.958 bits per heavy atom. The summed E-state index contributed by atoms with van der Waals surface area (Å²) in [4.78, 5) is 8.94. The lowest BCUT2D eigenvalue weighted by Gasteiger charge is -2.11. The summed E-state index contributed by atoms with van der Waals surface area (Å²) in [7, 11) is 0. The van der Waals surface area contributed by atoms with Crippen LogP contribution in [0.1, 0.15) is 11.3 Å². The second-order valence-electron chi connectivity index (χ2n) is 5.49. The van der Waals surface area contributed by atoms with Crippen LogP contribution in [0.2, 0.25) is 5.02 Å². The molecule has 3 rings (SSSR count). The molecule has 1 aromatic heterocycles. The van der Waals surface area contributed by atoms with Crippen molar-refractivity contribution in [2.24, 2.45) is 0 Å². The van der Waals surface area contributed by atoms with Crippen molar-refractivity contribution < 1.29 is 0 Å². The van der Waals surface area contributed by atoms with Crippen molar-refractivity contribution in [1.29, 1.82) is 0 Å². The normalized spacial score (nSPS) is 10.4. The molecule has 122 valence electrons. The van der Waals surface area contributed by atoms with Crippen LogP contribution in [-0.2, 0) is 6.42 Å². The number of anilines is 3. The summed E-state index contributed by atoms with van der Waals surface area (Å²) in [6.45, 7) is 2.72. The Morgan fingerprint density at radius 2 is 1.71 bits per heavy atom. The average molecular weight is 339 g/mol. The van der Waals surface area contributed by atoms with Gasteiger partial charge in [-0.2, -0.15) is 4.98 Å². The van der Waals surface area contributed by atoms with E-state index in [1.54, 1.807) is 0 Å². The number of para-hydroxylation sites is 1. The van der Waals surface area contributed by atoms with E-state index in [-0.39, 0.29) is 0 Å². The van der Waals surface area contributed by atoms with Crippen molar-refractivity contribution in [3.05, 3.63) is 76.9 Å². The predicted octanol–water partition coefficient (Wildman–Crippen LogP) is 4.84. The zero-order valence-electron chi connectivity index (χ0n) is 13.5. The molecule has 2 aromatic carbocycles. The third-order valence-corrected chi connectivity index (χ3v) is 3.86. The number of rotatable bonds is 6. The monoisotopic (exact) mass is 338 g/mol. The van der Waals surface area contributed by atoms with Crippen LogP contribution in [0.25, 0.3) is 0 Å². The van der Waals surface area contributed by atoms with Crippen molar-refractivity contribution in [3.8, 4) is 0 Å². The molecule has 24 heavy (non-hydrogen) atoms. The Labute approximate surface area is 146 Å². The number of hydrogen-bond donors (Lipinski definition) is 2. The Balaban J connectivity index is 1.66. The third-order valence-electron chi connectivity index (χ3n) is 3.53. The maximum atomic E-state index is 6.18. The molecule has 2 N–H and O–H groups in total. The molecule has 5 heteroatoms. The van der Waals surface area contributed by atoms with E-state index in [0.29, 0.717) is 11.0 Å². The minimum Gasteiger partial charge on any atom is -0.354 e. The summed E-state index contributed by atoms with van der Waals surface area (Å²) in [5.41, 5.74) is 3.00. The van der Waals surface area contributed by atoms with Crippen molar-refractivity contribution in [3.63, 3.8) is 0 Å². The van der Waals surface area contributed by atoms with Gasteiger partial charge in [0.15, 0.2) is 0 Å². The van der Waals surface area contributed by atoms with E-state index >= 15 is 0 Å². The van der Waals surface area contributed by atoms with Crippen LogP contribution in [0.4, 0.5) is 17.5 Å². The fraction of sp³-hybridized carbons (Fsp3) is 0.158. The Kier molecular flexibility index (Phi) is 5.29. The number of aromatic nitrogens is 2. The molecule has 1 heterocycles. The number of aryl methyl sites for hydroxylation is 1. The van der Waals surface area contributed by atoms with Crippen molar-refractivity contribution in [1.82, 2.24) is 9.97 Å². The fourth-order valence-electron chi connectivity index (χ4n) is 2.38. The first-order valence-corrected chi connectivity index (χ1v) is 8.23. The first-order chi connectivity index (χ1) is 11.7. The first kappa shape index (κ1) is 16.3. The molecule has 0 unspecified atom stereocenters. The van der Waals surface area contributed by atoms with Crippen LogP contribution in [0.5, 0.6) is 0 Å². The highest BCUT2D eigenvalue weighted by atomic mass is 35.5. The van der Waals surface area contributed by atoms with Crippen molar-refractivity contribution >= 4 is 29.1 Å². The zero-order chi connectivity index (χ0) is 16.8. The first-order valence-electron chi connectivity index (χ1n) is 7.86. The largest absolute Gasteiger partial charge is 0.354 e. The lowest BCUT2D eigenvalue weighted by Crippen LogP contribution is -2.09. The van der Waals surface area contributed by atoms with Crippen LogP contribution < -0.4 is 10.6 Å². The van der Waals surface area contributed by atoms with Gasteiger partial charge in [0.2, 0.25) is 5.95 Å². The molecule has 0 atom stereocenters. The highest BCUT2D eigenvalue weighted by Gasteiger charge is 2.05. The average Bonchev–Trinajstić information content (AvgIpc) is 2.57. The van der Waals surface area contributed by atoms with Crippen LogP contribution >= 0.6 is 11.6 Å². The van der Waals surface area contributed by atoms with E-state index in [1.807, 2.05) is 55.5 Å². The molecular formula is C19H19ClN4. The van der Waals surface area contributed by atoms with Crippen LogP contribution in [0.3, 0.4) is 0 Å². The molecule has 0 aliphatic heterocycles. The van der Waals surface area contributed by atoms with E-state index < -0.39 is 0 Å². The van der Waals surface area contributed by atoms with E-state index in [1.165, 1.54) is 5.56 Å².